The molecule has 9 nitrogen and oxygen atoms in total. The number of rotatable bonds is 7. The Morgan fingerprint density at radius 3 is 2.59 bits per heavy atom. The molecule has 34 heavy (non-hydrogen) atoms. The van der Waals surface area contributed by atoms with Crippen LogP contribution < -0.4 is 26.6 Å². The van der Waals surface area contributed by atoms with E-state index in [2.05, 4.69) is 10.6 Å². The summed E-state index contributed by atoms with van der Waals surface area (Å²) in [4.78, 5) is 51.1. The van der Waals surface area contributed by atoms with E-state index in [1.165, 1.54) is 20.5 Å². The lowest BCUT2D eigenvalue weighted by Gasteiger charge is -2.27. The predicted octanol–water partition coefficient (Wildman–Crippen LogP) is 2.42. The molecule has 0 saturated heterocycles. The van der Waals surface area contributed by atoms with Crippen molar-refractivity contribution < 1.29 is 14.3 Å². The smallest absolute Gasteiger partial charge is 0.332 e. The van der Waals surface area contributed by atoms with Gasteiger partial charge in [0, 0.05) is 31.3 Å². The van der Waals surface area contributed by atoms with Gasteiger partial charge in [0.15, 0.2) is 0 Å². The quantitative estimate of drug-likeness (QED) is 0.535. The van der Waals surface area contributed by atoms with Crippen molar-refractivity contribution in [3.8, 4) is 5.75 Å². The number of nitrogens with zero attached hydrogens (tertiary/aromatic N) is 2. The molecular weight excluding hydrogens is 456 g/mol. The fourth-order valence-electron chi connectivity index (χ4n) is 4.56. The van der Waals surface area contributed by atoms with Crippen molar-refractivity contribution in [3.63, 3.8) is 0 Å². The maximum atomic E-state index is 13.3. The molecule has 0 aliphatic heterocycles. The van der Waals surface area contributed by atoms with Gasteiger partial charge in [-0.2, -0.15) is 0 Å². The highest BCUT2D eigenvalue weighted by Gasteiger charge is 2.27. The minimum atomic E-state index is -0.495. The number of hydrogen-bond acceptors (Lipinski definition) is 6. The summed E-state index contributed by atoms with van der Waals surface area (Å²) in [6.45, 7) is 0.0659. The Bertz CT molecular complexity index is 1320. The van der Waals surface area contributed by atoms with E-state index in [9.17, 15) is 19.2 Å². The first-order valence-corrected chi connectivity index (χ1v) is 12.2. The van der Waals surface area contributed by atoms with Crippen LogP contribution in [0, 0.1) is 11.8 Å². The largest absolute Gasteiger partial charge is 0.497 e. The number of aromatic nitrogens is 2. The van der Waals surface area contributed by atoms with Crippen molar-refractivity contribution in [1.82, 2.24) is 14.5 Å². The van der Waals surface area contributed by atoms with Crippen LogP contribution in [0.3, 0.4) is 0 Å². The molecule has 0 atom stereocenters. The molecule has 0 unspecified atom stereocenters. The Hall–Kier alpha value is -3.40. The number of anilines is 1. The number of fused-ring (bicyclic) bond motifs is 1. The minimum absolute atomic E-state index is 0.0188. The lowest BCUT2D eigenvalue weighted by molar-refractivity contribution is -0.125. The van der Waals surface area contributed by atoms with Crippen molar-refractivity contribution >= 4 is 39.1 Å². The highest BCUT2D eigenvalue weighted by Crippen LogP contribution is 2.29. The van der Waals surface area contributed by atoms with E-state index in [0.29, 0.717) is 21.7 Å². The maximum absolute atomic E-state index is 13.3. The fraction of sp³-hybridized carbons (Fsp3) is 0.417. The molecule has 2 amide bonds. The molecule has 2 N–H and O–H groups in total. The first-order chi connectivity index (χ1) is 16.4. The maximum Gasteiger partial charge on any atom is 0.332 e. The summed E-state index contributed by atoms with van der Waals surface area (Å²) in [5.74, 6) is 0.381. The van der Waals surface area contributed by atoms with Gasteiger partial charge in [0.25, 0.3) is 5.56 Å². The zero-order valence-electron chi connectivity index (χ0n) is 19.2. The molecule has 0 radical (unpaired) electrons. The Labute approximate surface area is 200 Å². The number of nitrogens with one attached hydrogen (secondary N) is 2. The number of carbonyl (C=O) groups is 2. The topological polar surface area (TPSA) is 111 Å². The monoisotopic (exact) mass is 484 g/mol. The second-order valence-corrected chi connectivity index (χ2v) is 9.45. The van der Waals surface area contributed by atoms with Gasteiger partial charge < -0.3 is 15.4 Å². The molecule has 1 aromatic carbocycles. The molecule has 0 bridgehead atoms. The summed E-state index contributed by atoms with van der Waals surface area (Å²) in [7, 11) is 3.18. The number of hydrogen-bond donors (Lipinski definition) is 2. The summed E-state index contributed by atoms with van der Waals surface area (Å²) < 4.78 is 8.25. The molecule has 4 rings (SSSR count). The van der Waals surface area contributed by atoms with Crippen molar-refractivity contribution in [2.45, 2.75) is 38.8 Å². The Morgan fingerprint density at radius 2 is 1.88 bits per heavy atom. The van der Waals surface area contributed by atoms with E-state index >= 15 is 0 Å². The van der Waals surface area contributed by atoms with Gasteiger partial charge in [-0.25, -0.2) is 4.79 Å². The van der Waals surface area contributed by atoms with E-state index in [-0.39, 0.29) is 42.3 Å². The van der Waals surface area contributed by atoms with E-state index in [0.717, 1.165) is 25.7 Å². The van der Waals surface area contributed by atoms with Crippen LogP contribution in [-0.4, -0.2) is 35.1 Å². The van der Waals surface area contributed by atoms with Crippen molar-refractivity contribution in [1.29, 1.82) is 0 Å². The SMILES string of the molecule is CNC(=O)C1CCC(Cn2c(=O)c3sccc3n(CC(=O)Nc3cccc(OC)c3)c2=O)CC1. The Balaban J connectivity index is 1.56. The average molecular weight is 485 g/mol. The Kier molecular flexibility index (Phi) is 7.16. The third-order valence-electron chi connectivity index (χ3n) is 6.40. The summed E-state index contributed by atoms with van der Waals surface area (Å²) in [6, 6.07) is 8.65. The molecule has 10 heteroatoms. The average Bonchev–Trinajstić information content (AvgIpc) is 3.34. The molecule has 2 heterocycles. The predicted molar refractivity (Wildman–Crippen MR) is 131 cm³/mol. The van der Waals surface area contributed by atoms with Crippen LogP contribution in [0.15, 0.2) is 45.3 Å². The molecule has 3 aromatic rings. The number of carbonyl (C=O) groups excluding carboxylic acids is 2. The van der Waals surface area contributed by atoms with Gasteiger partial charge in [0.2, 0.25) is 11.8 Å². The highest BCUT2D eigenvalue weighted by molar-refractivity contribution is 7.17. The molecular formula is C24H28N4O5S. The van der Waals surface area contributed by atoms with Crippen LogP contribution in [0.1, 0.15) is 25.7 Å². The molecule has 2 aromatic heterocycles. The van der Waals surface area contributed by atoms with E-state index in [4.69, 9.17) is 4.74 Å². The van der Waals surface area contributed by atoms with Crippen LogP contribution in [0.4, 0.5) is 5.69 Å². The van der Waals surface area contributed by atoms with Gasteiger partial charge in [0.1, 0.15) is 17.0 Å². The molecule has 1 aliphatic carbocycles. The van der Waals surface area contributed by atoms with E-state index < -0.39 is 5.69 Å². The summed E-state index contributed by atoms with van der Waals surface area (Å²) >= 11 is 1.26. The molecule has 1 aliphatic rings. The van der Waals surface area contributed by atoms with Crippen molar-refractivity contribution in [2.24, 2.45) is 11.8 Å². The Morgan fingerprint density at radius 1 is 1.12 bits per heavy atom. The number of methoxy groups -OCH3 is 1. The third-order valence-corrected chi connectivity index (χ3v) is 7.29. The second kappa shape index (κ2) is 10.3. The summed E-state index contributed by atoms with van der Waals surface area (Å²) in [5.41, 5.74) is 0.193. The van der Waals surface area contributed by atoms with Crippen LogP contribution in [-0.2, 0) is 22.7 Å². The molecule has 180 valence electrons. The zero-order chi connectivity index (χ0) is 24.2. The lowest BCUT2D eigenvalue weighted by atomic mass is 9.81. The second-order valence-electron chi connectivity index (χ2n) is 8.53. The van der Waals surface area contributed by atoms with Gasteiger partial charge in [-0.15, -0.1) is 11.3 Å². The van der Waals surface area contributed by atoms with Gasteiger partial charge in [-0.1, -0.05) is 6.07 Å². The van der Waals surface area contributed by atoms with Gasteiger partial charge >= 0.3 is 5.69 Å². The normalized spacial score (nSPS) is 17.9. The summed E-state index contributed by atoms with van der Waals surface area (Å²) in [5, 5.41) is 7.23. The molecule has 0 spiro atoms. The summed E-state index contributed by atoms with van der Waals surface area (Å²) in [6.07, 6.45) is 3.00. The first-order valence-electron chi connectivity index (χ1n) is 11.3. The number of amides is 2. The number of thiophene rings is 1. The van der Waals surface area contributed by atoms with Gasteiger partial charge in [0.05, 0.1) is 12.6 Å². The van der Waals surface area contributed by atoms with Crippen LogP contribution in [0.5, 0.6) is 5.75 Å². The van der Waals surface area contributed by atoms with E-state index in [1.807, 2.05) is 0 Å². The molecule has 1 fully saturated rings. The van der Waals surface area contributed by atoms with Gasteiger partial charge in [-0.3, -0.25) is 23.5 Å². The highest BCUT2D eigenvalue weighted by atomic mass is 32.1. The van der Waals surface area contributed by atoms with Crippen LogP contribution in [0.25, 0.3) is 10.2 Å². The fourth-order valence-corrected chi connectivity index (χ4v) is 5.40. The number of ether oxygens (including phenoxy) is 1. The number of benzene rings is 1. The zero-order valence-corrected chi connectivity index (χ0v) is 20.0. The standard InChI is InChI=1S/C24H28N4O5S/c1-25-22(30)16-8-6-15(7-9-16)13-28-23(31)21-19(10-11-34-21)27(24(28)32)14-20(29)26-17-4-3-5-18(12-17)33-2/h3-5,10-12,15-16H,6-9,13-14H2,1-2H3,(H,25,30)(H,26,29). The van der Waals surface area contributed by atoms with Crippen molar-refractivity contribution in [2.75, 3.05) is 19.5 Å². The van der Waals surface area contributed by atoms with Crippen molar-refractivity contribution in [3.05, 3.63) is 56.5 Å². The third kappa shape index (κ3) is 4.91. The van der Waals surface area contributed by atoms with Crippen LogP contribution in [0.2, 0.25) is 0 Å². The first kappa shape index (κ1) is 23.7. The van der Waals surface area contributed by atoms with Gasteiger partial charge in [-0.05, 0) is 55.2 Å². The van der Waals surface area contributed by atoms with Crippen LogP contribution >= 0.6 is 11.3 Å². The molecule has 1 saturated carbocycles. The lowest BCUT2D eigenvalue weighted by Crippen LogP contribution is -2.43. The minimum Gasteiger partial charge on any atom is -0.497 e. The van der Waals surface area contributed by atoms with E-state index in [1.54, 1.807) is 49.9 Å².